The van der Waals surface area contributed by atoms with Gasteiger partial charge in [-0.3, -0.25) is 0 Å². The van der Waals surface area contributed by atoms with Gasteiger partial charge in [-0.2, -0.15) is 0 Å². The van der Waals surface area contributed by atoms with Crippen LogP contribution in [0.5, 0.6) is 5.75 Å². The Kier molecular flexibility index (Phi) is 5.63. The molecule has 2 rings (SSSR count). The molecule has 0 atom stereocenters. The quantitative estimate of drug-likeness (QED) is 0.762. The van der Waals surface area contributed by atoms with Crippen LogP contribution in [0.3, 0.4) is 0 Å². The molecule has 0 bridgehead atoms. The Bertz CT molecular complexity index is 508. The lowest BCUT2D eigenvalue weighted by atomic mass is 10.0. The highest BCUT2D eigenvalue weighted by atomic mass is 16.5. The standard InChI is InChI=1S/C18H23NO/c1-19(2)13-8-14-20-18-12-7-6-11-17(18)15-16-9-4-3-5-10-16/h3-7,9-12H,8,13-15H2,1-2H3/p+1. The predicted molar refractivity (Wildman–Crippen MR) is 83.5 cm³/mol. The van der Waals surface area contributed by atoms with Crippen LogP contribution in [0.1, 0.15) is 17.5 Å². The second-order valence-electron chi connectivity index (χ2n) is 5.43. The predicted octanol–water partition coefficient (Wildman–Crippen LogP) is 2.19. The molecule has 20 heavy (non-hydrogen) atoms. The van der Waals surface area contributed by atoms with Crippen LogP contribution in [0, 0.1) is 0 Å². The van der Waals surface area contributed by atoms with Crippen molar-refractivity contribution >= 4 is 0 Å². The molecule has 1 N–H and O–H groups in total. The van der Waals surface area contributed by atoms with Gasteiger partial charge in [0.05, 0.1) is 27.2 Å². The monoisotopic (exact) mass is 270 g/mol. The Hall–Kier alpha value is -1.80. The summed E-state index contributed by atoms with van der Waals surface area (Å²) in [6.45, 7) is 1.93. The molecular weight excluding hydrogens is 246 g/mol. The van der Waals surface area contributed by atoms with E-state index in [2.05, 4.69) is 62.6 Å². The Labute approximate surface area is 122 Å². The minimum absolute atomic E-state index is 0.789. The summed E-state index contributed by atoms with van der Waals surface area (Å²) in [6.07, 6.45) is 2.01. The SMILES string of the molecule is C[NH+](C)CCCOc1ccccc1Cc1ccccc1. The van der Waals surface area contributed by atoms with Crippen LogP contribution >= 0.6 is 0 Å². The molecule has 0 fully saturated rings. The molecule has 0 heterocycles. The minimum atomic E-state index is 0.789. The van der Waals surface area contributed by atoms with Gasteiger partial charge in [0.25, 0.3) is 0 Å². The van der Waals surface area contributed by atoms with Crippen molar-refractivity contribution < 1.29 is 9.64 Å². The van der Waals surface area contributed by atoms with Crippen LogP contribution in [-0.2, 0) is 6.42 Å². The highest BCUT2D eigenvalue weighted by Gasteiger charge is 2.04. The second kappa shape index (κ2) is 7.71. The summed E-state index contributed by atoms with van der Waals surface area (Å²) < 4.78 is 5.95. The fourth-order valence-corrected chi connectivity index (χ4v) is 2.21. The maximum absolute atomic E-state index is 5.95. The highest BCUT2D eigenvalue weighted by Crippen LogP contribution is 2.21. The topological polar surface area (TPSA) is 13.7 Å². The first-order chi connectivity index (χ1) is 9.75. The number of benzene rings is 2. The normalized spacial score (nSPS) is 10.8. The number of quaternary nitrogens is 1. The zero-order valence-electron chi connectivity index (χ0n) is 12.4. The van der Waals surface area contributed by atoms with Crippen LogP contribution in [-0.4, -0.2) is 27.2 Å². The molecule has 0 radical (unpaired) electrons. The summed E-state index contributed by atoms with van der Waals surface area (Å²) in [6, 6.07) is 18.9. The van der Waals surface area contributed by atoms with Crippen LogP contribution in [0.25, 0.3) is 0 Å². The van der Waals surface area contributed by atoms with Gasteiger partial charge in [-0.25, -0.2) is 0 Å². The molecular formula is C18H24NO+. The third-order valence-electron chi connectivity index (χ3n) is 3.29. The van der Waals surface area contributed by atoms with E-state index in [1.54, 1.807) is 0 Å². The summed E-state index contributed by atoms with van der Waals surface area (Å²) in [4.78, 5) is 1.46. The van der Waals surface area contributed by atoms with Gasteiger partial charge in [0.1, 0.15) is 5.75 Å². The maximum atomic E-state index is 5.95. The number of ether oxygens (including phenoxy) is 1. The van der Waals surface area contributed by atoms with Gasteiger partial charge in [-0.1, -0.05) is 48.5 Å². The van der Waals surface area contributed by atoms with Crippen molar-refractivity contribution in [2.24, 2.45) is 0 Å². The highest BCUT2D eigenvalue weighted by molar-refractivity contribution is 5.37. The van der Waals surface area contributed by atoms with Crippen LogP contribution < -0.4 is 9.64 Å². The lowest BCUT2D eigenvalue weighted by Crippen LogP contribution is -3.05. The van der Waals surface area contributed by atoms with Crippen LogP contribution in [0.2, 0.25) is 0 Å². The summed E-state index contributed by atoms with van der Waals surface area (Å²) in [5, 5.41) is 0. The fraction of sp³-hybridized carbons (Fsp3) is 0.333. The Balaban J connectivity index is 1.96. The van der Waals surface area contributed by atoms with Gasteiger partial charge >= 0.3 is 0 Å². The van der Waals surface area contributed by atoms with Gasteiger partial charge in [0.15, 0.2) is 0 Å². The number of para-hydroxylation sites is 1. The molecule has 0 aliphatic heterocycles. The summed E-state index contributed by atoms with van der Waals surface area (Å²) in [5.41, 5.74) is 2.58. The average Bonchev–Trinajstić information content (AvgIpc) is 2.46. The van der Waals surface area contributed by atoms with Gasteiger partial charge in [0, 0.05) is 12.8 Å². The molecule has 2 heteroatoms. The van der Waals surface area contributed by atoms with Crippen molar-refractivity contribution in [1.82, 2.24) is 0 Å². The Morgan fingerprint density at radius 2 is 1.60 bits per heavy atom. The molecule has 0 saturated carbocycles. The number of hydrogen-bond acceptors (Lipinski definition) is 1. The van der Waals surface area contributed by atoms with Crippen molar-refractivity contribution in [3.63, 3.8) is 0 Å². The van der Waals surface area contributed by atoms with Crippen molar-refractivity contribution in [2.75, 3.05) is 27.2 Å². The third-order valence-corrected chi connectivity index (χ3v) is 3.29. The maximum Gasteiger partial charge on any atom is 0.122 e. The van der Waals surface area contributed by atoms with Gasteiger partial charge in [0.2, 0.25) is 0 Å². The van der Waals surface area contributed by atoms with E-state index in [4.69, 9.17) is 4.74 Å². The van der Waals surface area contributed by atoms with Gasteiger partial charge < -0.3 is 9.64 Å². The largest absolute Gasteiger partial charge is 0.493 e. The summed E-state index contributed by atoms with van der Waals surface area (Å²) >= 11 is 0. The molecule has 106 valence electrons. The molecule has 0 aliphatic rings. The van der Waals surface area contributed by atoms with Crippen molar-refractivity contribution in [3.8, 4) is 5.75 Å². The molecule has 0 amide bonds. The van der Waals surface area contributed by atoms with E-state index in [0.29, 0.717) is 0 Å². The van der Waals surface area contributed by atoms with E-state index in [0.717, 1.165) is 31.7 Å². The minimum Gasteiger partial charge on any atom is -0.493 e. The molecule has 2 nitrogen and oxygen atoms in total. The van der Waals surface area contributed by atoms with E-state index < -0.39 is 0 Å². The first-order valence-corrected chi connectivity index (χ1v) is 7.29. The molecule has 0 aromatic heterocycles. The summed E-state index contributed by atoms with van der Waals surface area (Å²) in [7, 11) is 4.34. The van der Waals surface area contributed by atoms with E-state index in [9.17, 15) is 0 Å². The number of hydrogen-bond donors (Lipinski definition) is 1. The molecule has 2 aromatic carbocycles. The summed E-state index contributed by atoms with van der Waals surface area (Å²) in [5.74, 6) is 1.02. The van der Waals surface area contributed by atoms with Crippen molar-refractivity contribution in [3.05, 3.63) is 65.7 Å². The average molecular weight is 270 g/mol. The van der Waals surface area contributed by atoms with Crippen LogP contribution in [0.4, 0.5) is 0 Å². The van der Waals surface area contributed by atoms with Gasteiger partial charge in [-0.05, 0) is 17.2 Å². The van der Waals surface area contributed by atoms with E-state index in [1.807, 2.05) is 6.07 Å². The van der Waals surface area contributed by atoms with Crippen molar-refractivity contribution in [2.45, 2.75) is 12.8 Å². The van der Waals surface area contributed by atoms with E-state index in [1.165, 1.54) is 16.0 Å². The smallest absolute Gasteiger partial charge is 0.122 e. The van der Waals surface area contributed by atoms with Crippen LogP contribution in [0.15, 0.2) is 54.6 Å². The zero-order chi connectivity index (χ0) is 14.2. The molecule has 0 aliphatic carbocycles. The zero-order valence-corrected chi connectivity index (χ0v) is 12.4. The molecule has 0 unspecified atom stereocenters. The lowest BCUT2D eigenvalue weighted by molar-refractivity contribution is -0.858. The Morgan fingerprint density at radius 3 is 2.35 bits per heavy atom. The van der Waals surface area contributed by atoms with E-state index in [-0.39, 0.29) is 0 Å². The van der Waals surface area contributed by atoms with E-state index >= 15 is 0 Å². The number of nitrogens with one attached hydrogen (secondary N) is 1. The molecule has 0 saturated heterocycles. The fourth-order valence-electron chi connectivity index (χ4n) is 2.21. The first-order valence-electron chi connectivity index (χ1n) is 7.29. The first kappa shape index (κ1) is 14.6. The molecule has 0 spiro atoms. The molecule has 2 aromatic rings. The lowest BCUT2D eigenvalue weighted by Gasteiger charge is -2.12. The second-order valence-corrected chi connectivity index (χ2v) is 5.43. The van der Waals surface area contributed by atoms with Crippen molar-refractivity contribution in [1.29, 1.82) is 0 Å². The Morgan fingerprint density at radius 1 is 0.900 bits per heavy atom. The number of rotatable bonds is 7. The third kappa shape index (κ3) is 4.71. The van der Waals surface area contributed by atoms with Gasteiger partial charge in [-0.15, -0.1) is 0 Å².